The monoisotopic (exact) mass is 310 g/mol. The van der Waals surface area contributed by atoms with Gasteiger partial charge in [0.25, 0.3) is 0 Å². The summed E-state index contributed by atoms with van der Waals surface area (Å²) in [5.41, 5.74) is 1.25. The number of rotatable bonds is 3. The Morgan fingerprint density at radius 2 is 2.13 bits per heavy atom. The third kappa shape index (κ3) is 2.08. The predicted molar refractivity (Wildman–Crippen MR) is 82.3 cm³/mol. The van der Waals surface area contributed by atoms with Crippen LogP contribution in [0.25, 0.3) is 21.9 Å². The molecular formula is C15H10N4O4. The van der Waals surface area contributed by atoms with Crippen molar-refractivity contribution in [1.29, 1.82) is 0 Å². The minimum absolute atomic E-state index is 0.128. The van der Waals surface area contributed by atoms with Crippen molar-refractivity contribution < 1.29 is 9.34 Å². The quantitative estimate of drug-likeness (QED) is 0.462. The number of hydrogen-bond acceptors (Lipinski definition) is 5. The van der Waals surface area contributed by atoms with Crippen molar-refractivity contribution in [3.63, 3.8) is 0 Å². The van der Waals surface area contributed by atoms with Gasteiger partial charge in [-0.1, -0.05) is 0 Å². The standard InChI is InChI=1S/C15H10N4O4/c20-12-4-6-18(8-9-1-2-13(23-9)19(21)22)14-10-3-5-16-15(10)17-7-11(12)14/h1-7H,8H2,(H,16,17). The molecule has 0 fully saturated rings. The van der Waals surface area contributed by atoms with Gasteiger partial charge in [-0.2, -0.15) is 0 Å². The van der Waals surface area contributed by atoms with Crippen molar-refractivity contribution in [2.45, 2.75) is 6.54 Å². The Balaban J connectivity index is 1.92. The summed E-state index contributed by atoms with van der Waals surface area (Å²) < 4.78 is 7.02. The Morgan fingerprint density at radius 3 is 2.91 bits per heavy atom. The molecule has 0 aliphatic rings. The van der Waals surface area contributed by atoms with E-state index in [1.54, 1.807) is 18.5 Å². The molecule has 4 aromatic heterocycles. The molecule has 0 aromatic carbocycles. The molecule has 0 radical (unpaired) electrons. The molecule has 0 aliphatic carbocycles. The van der Waals surface area contributed by atoms with Gasteiger partial charge in [0.05, 0.1) is 23.5 Å². The van der Waals surface area contributed by atoms with E-state index in [2.05, 4.69) is 9.97 Å². The van der Waals surface area contributed by atoms with Crippen LogP contribution in [0, 0.1) is 10.1 Å². The van der Waals surface area contributed by atoms with Gasteiger partial charge in [0.2, 0.25) is 0 Å². The Hall–Kier alpha value is -3.42. The van der Waals surface area contributed by atoms with Crippen LogP contribution in [-0.4, -0.2) is 19.5 Å². The second-order valence-corrected chi connectivity index (χ2v) is 5.07. The number of furan rings is 1. The van der Waals surface area contributed by atoms with Gasteiger partial charge in [-0.15, -0.1) is 0 Å². The molecule has 0 atom stereocenters. The van der Waals surface area contributed by atoms with Crippen LogP contribution in [0.1, 0.15) is 5.76 Å². The number of nitrogens with one attached hydrogen (secondary N) is 1. The topological polar surface area (TPSA) is 107 Å². The first kappa shape index (κ1) is 13.3. The number of nitrogens with zero attached hydrogens (tertiary/aromatic N) is 3. The molecule has 0 amide bonds. The number of nitro groups is 1. The summed E-state index contributed by atoms with van der Waals surface area (Å²) >= 11 is 0. The normalized spacial score (nSPS) is 11.3. The van der Waals surface area contributed by atoms with Crippen LogP contribution in [0.2, 0.25) is 0 Å². The predicted octanol–water partition coefficient (Wildman–Crippen LogP) is 2.43. The van der Waals surface area contributed by atoms with E-state index >= 15 is 0 Å². The van der Waals surface area contributed by atoms with Crippen molar-refractivity contribution >= 4 is 27.8 Å². The highest BCUT2D eigenvalue weighted by Gasteiger charge is 2.14. The first-order valence-corrected chi connectivity index (χ1v) is 6.82. The molecule has 0 bridgehead atoms. The van der Waals surface area contributed by atoms with E-state index in [4.69, 9.17) is 4.42 Å². The van der Waals surface area contributed by atoms with Gasteiger partial charge in [-0.05, 0) is 12.1 Å². The van der Waals surface area contributed by atoms with Gasteiger partial charge < -0.3 is 14.0 Å². The molecule has 8 heteroatoms. The summed E-state index contributed by atoms with van der Waals surface area (Å²) in [6.07, 6.45) is 4.92. The van der Waals surface area contributed by atoms with Crippen LogP contribution in [0.3, 0.4) is 0 Å². The highest BCUT2D eigenvalue weighted by Crippen LogP contribution is 2.23. The highest BCUT2D eigenvalue weighted by molar-refractivity contribution is 6.02. The summed E-state index contributed by atoms with van der Waals surface area (Å²) in [5, 5.41) is 12.0. The largest absolute Gasteiger partial charge is 0.433 e. The molecule has 8 nitrogen and oxygen atoms in total. The number of aromatic amines is 1. The first-order chi connectivity index (χ1) is 11.1. The van der Waals surface area contributed by atoms with Gasteiger partial charge in [0.1, 0.15) is 16.3 Å². The minimum Gasteiger partial charge on any atom is -0.404 e. The van der Waals surface area contributed by atoms with Crippen LogP contribution in [-0.2, 0) is 6.54 Å². The number of aromatic nitrogens is 3. The second-order valence-electron chi connectivity index (χ2n) is 5.07. The molecular weight excluding hydrogens is 300 g/mol. The van der Waals surface area contributed by atoms with Crippen LogP contribution < -0.4 is 5.43 Å². The SMILES string of the molecule is O=c1ccn(Cc2ccc([N+](=O)[O-])o2)c2c1cnc1[nH]ccc12. The molecule has 23 heavy (non-hydrogen) atoms. The van der Waals surface area contributed by atoms with Crippen LogP contribution in [0.15, 0.2) is 52.1 Å². The summed E-state index contributed by atoms with van der Waals surface area (Å²) in [4.78, 5) is 29.4. The molecule has 0 spiro atoms. The van der Waals surface area contributed by atoms with Crippen molar-refractivity contribution in [1.82, 2.24) is 14.5 Å². The van der Waals surface area contributed by atoms with E-state index in [9.17, 15) is 14.9 Å². The van der Waals surface area contributed by atoms with Gasteiger partial charge in [0.15, 0.2) is 5.43 Å². The van der Waals surface area contributed by atoms with Gasteiger partial charge >= 0.3 is 5.88 Å². The summed E-state index contributed by atoms with van der Waals surface area (Å²) in [7, 11) is 0. The smallest absolute Gasteiger partial charge is 0.404 e. The van der Waals surface area contributed by atoms with Gasteiger partial charge in [-0.25, -0.2) is 4.98 Å². The number of hydrogen-bond donors (Lipinski definition) is 1. The summed E-state index contributed by atoms with van der Waals surface area (Å²) in [5.74, 6) is 0.126. The first-order valence-electron chi connectivity index (χ1n) is 6.82. The van der Waals surface area contributed by atoms with Crippen LogP contribution >= 0.6 is 0 Å². The third-order valence-electron chi connectivity index (χ3n) is 3.67. The lowest BCUT2D eigenvalue weighted by Gasteiger charge is -2.09. The molecule has 0 unspecified atom stereocenters. The maximum absolute atomic E-state index is 12.1. The van der Waals surface area contributed by atoms with Crippen molar-refractivity contribution in [3.05, 3.63) is 69.0 Å². The van der Waals surface area contributed by atoms with Gasteiger partial charge in [0, 0.05) is 30.0 Å². The molecule has 0 saturated carbocycles. The zero-order valence-corrected chi connectivity index (χ0v) is 11.7. The zero-order chi connectivity index (χ0) is 16.0. The van der Waals surface area contributed by atoms with E-state index < -0.39 is 4.92 Å². The lowest BCUT2D eigenvalue weighted by molar-refractivity contribution is -0.402. The third-order valence-corrected chi connectivity index (χ3v) is 3.67. The van der Waals surface area contributed by atoms with Crippen molar-refractivity contribution in [3.8, 4) is 0 Å². The fourth-order valence-electron chi connectivity index (χ4n) is 2.65. The molecule has 4 aromatic rings. The maximum atomic E-state index is 12.1. The molecule has 4 heterocycles. The van der Waals surface area contributed by atoms with E-state index in [-0.39, 0.29) is 17.9 Å². The zero-order valence-electron chi connectivity index (χ0n) is 11.7. The molecule has 4 rings (SSSR count). The Labute approximate surface area is 128 Å². The maximum Gasteiger partial charge on any atom is 0.433 e. The fraction of sp³-hybridized carbons (Fsp3) is 0.0667. The molecule has 0 saturated heterocycles. The van der Waals surface area contributed by atoms with Gasteiger partial charge in [-0.3, -0.25) is 14.9 Å². The Kier molecular flexibility index (Phi) is 2.77. The molecule has 1 N–H and O–H groups in total. The Bertz CT molecular complexity index is 1110. The lowest BCUT2D eigenvalue weighted by atomic mass is 10.2. The van der Waals surface area contributed by atoms with E-state index in [1.165, 1.54) is 18.3 Å². The Morgan fingerprint density at radius 1 is 1.26 bits per heavy atom. The fourth-order valence-corrected chi connectivity index (χ4v) is 2.65. The second kappa shape index (κ2) is 4.80. The van der Waals surface area contributed by atoms with Crippen LogP contribution in [0.4, 0.5) is 5.88 Å². The summed E-state index contributed by atoms with van der Waals surface area (Å²) in [6, 6.07) is 6.15. The highest BCUT2D eigenvalue weighted by atomic mass is 16.6. The number of H-pyrrole nitrogens is 1. The molecule has 0 aliphatic heterocycles. The molecule has 114 valence electrons. The number of fused-ring (bicyclic) bond motifs is 3. The lowest BCUT2D eigenvalue weighted by Crippen LogP contribution is -2.09. The number of pyridine rings is 2. The minimum atomic E-state index is -0.582. The average molecular weight is 310 g/mol. The van der Waals surface area contributed by atoms with Crippen LogP contribution in [0.5, 0.6) is 0 Å². The average Bonchev–Trinajstić information content (AvgIpc) is 3.18. The van der Waals surface area contributed by atoms with Crippen molar-refractivity contribution in [2.75, 3.05) is 0 Å². The van der Waals surface area contributed by atoms with E-state index in [0.29, 0.717) is 22.3 Å². The summed E-state index contributed by atoms with van der Waals surface area (Å²) in [6.45, 7) is 0.273. The van der Waals surface area contributed by atoms with E-state index in [0.717, 1.165) is 5.39 Å². The van der Waals surface area contributed by atoms with E-state index in [1.807, 2.05) is 10.6 Å². The van der Waals surface area contributed by atoms with Crippen molar-refractivity contribution in [2.24, 2.45) is 0 Å².